The first-order valence-electron chi connectivity index (χ1n) is 9.45. The molecule has 2 rings (SSSR count). The molecule has 4 nitrogen and oxygen atoms in total. The van der Waals surface area contributed by atoms with E-state index in [1.165, 1.54) is 11.0 Å². The second-order valence-corrected chi connectivity index (χ2v) is 7.01. The minimum Gasteiger partial charge on any atom is -0.356 e. The van der Waals surface area contributed by atoms with Crippen LogP contribution in [0.25, 0.3) is 0 Å². The molecular formula is C19H28F5IN4. The summed E-state index contributed by atoms with van der Waals surface area (Å²) >= 11 is 0. The Morgan fingerprint density at radius 1 is 1.14 bits per heavy atom. The lowest BCUT2D eigenvalue weighted by Gasteiger charge is -2.32. The third-order valence-electron chi connectivity index (χ3n) is 4.90. The zero-order chi connectivity index (χ0) is 20.6. The zero-order valence-electron chi connectivity index (χ0n) is 16.4. The number of rotatable bonds is 7. The molecule has 0 amide bonds. The number of nitrogens with one attached hydrogen (secondary N) is 2. The van der Waals surface area contributed by atoms with Gasteiger partial charge in [-0.1, -0.05) is 12.1 Å². The van der Waals surface area contributed by atoms with Crippen LogP contribution < -0.4 is 10.6 Å². The molecule has 1 aliphatic rings. The fraction of sp³-hybridized carbons (Fsp3) is 0.632. The van der Waals surface area contributed by atoms with Crippen LogP contribution in [0.1, 0.15) is 24.8 Å². The van der Waals surface area contributed by atoms with Gasteiger partial charge < -0.3 is 10.6 Å². The Morgan fingerprint density at radius 2 is 1.79 bits per heavy atom. The highest BCUT2D eigenvalue weighted by Crippen LogP contribution is 2.23. The minimum atomic E-state index is -4.14. The molecule has 0 spiro atoms. The van der Waals surface area contributed by atoms with Crippen LogP contribution in [0.5, 0.6) is 0 Å². The predicted molar refractivity (Wildman–Crippen MR) is 115 cm³/mol. The average Bonchev–Trinajstić information content (AvgIpc) is 2.64. The number of halogens is 6. The maximum absolute atomic E-state index is 13.6. The summed E-state index contributed by atoms with van der Waals surface area (Å²) in [6.07, 6.45) is -1.46. The van der Waals surface area contributed by atoms with E-state index in [9.17, 15) is 22.0 Å². The molecule has 1 heterocycles. The summed E-state index contributed by atoms with van der Waals surface area (Å²) in [6.45, 7) is 1.15. The summed E-state index contributed by atoms with van der Waals surface area (Å²) in [7, 11) is 1.62. The van der Waals surface area contributed by atoms with Crippen LogP contribution in [0.4, 0.5) is 22.0 Å². The lowest BCUT2D eigenvalue weighted by Crippen LogP contribution is -2.42. The first-order valence-corrected chi connectivity index (χ1v) is 9.45. The van der Waals surface area contributed by atoms with Crippen LogP contribution in [0.15, 0.2) is 23.2 Å². The van der Waals surface area contributed by atoms with Crippen LogP contribution in [-0.2, 0) is 6.42 Å². The lowest BCUT2D eigenvalue weighted by molar-refractivity contribution is -0.148. The molecule has 0 saturated carbocycles. The van der Waals surface area contributed by atoms with Crippen molar-refractivity contribution in [2.45, 2.75) is 31.9 Å². The number of aliphatic imine (C=N–C) groups is 1. The number of piperidine rings is 1. The molecule has 166 valence electrons. The zero-order valence-corrected chi connectivity index (χ0v) is 18.7. The van der Waals surface area contributed by atoms with Crippen molar-refractivity contribution in [3.8, 4) is 0 Å². The Labute approximate surface area is 185 Å². The average molecular weight is 534 g/mol. The monoisotopic (exact) mass is 534 g/mol. The molecule has 1 saturated heterocycles. The van der Waals surface area contributed by atoms with Gasteiger partial charge in [-0.05, 0) is 56.3 Å². The van der Waals surface area contributed by atoms with E-state index >= 15 is 0 Å². The van der Waals surface area contributed by atoms with Crippen LogP contribution in [0.2, 0.25) is 0 Å². The molecule has 0 aromatic heterocycles. The third kappa shape index (κ3) is 9.45. The van der Waals surface area contributed by atoms with E-state index in [4.69, 9.17) is 0 Å². The summed E-state index contributed by atoms with van der Waals surface area (Å²) in [4.78, 5) is 5.54. The van der Waals surface area contributed by atoms with Crippen molar-refractivity contribution in [2.24, 2.45) is 10.9 Å². The molecule has 2 N–H and O–H groups in total. The van der Waals surface area contributed by atoms with Gasteiger partial charge in [-0.25, -0.2) is 8.78 Å². The van der Waals surface area contributed by atoms with E-state index in [1.54, 1.807) is 13.1 Å². The van der Waals surface area contributed by atoms with Gasteiger partial charge in [0.1, 0.15) is 0 Å². The number of alkyl halides is 3. The summed E-state index contributed by atoms with van der Waals surface area (Å²) in [5.74, 6) is -0.742. The highest BCUT2D eigenvalue weighted by Gasteiger charge is 2.32. The molecular weight excluding hydrogens is 506 g/mol. The number of hydrogen-bond donors (Lipinski definition) is 2. The Morgan fingerprint density at radius 3 is 2.41 bits per heavy atom. The number of benzene rings is 1. The van der Waals surface area contributed by atoms with Gasteiger partial charge >= 0.3 is 6.18 Å². The van der Waals surface area contributed by atoms with E-state index in [0.717, 1.165) is 25.3 Å². The third-order valence-corrected chi connectivity index (χ3v) is 4.90. The molecule has 0 unspecified atom stereocenters. The smallest absolute Gasteiger partial charge is 0.356 e. The highest BCUT2D eigenvalue weighted by atomic mass is 127. The van der Waals surface area contributed by atoms with E-state index in [0.29, 0.717) is 50.0 Å². The molecule has 0 bridgehead atoms. The van der Waals surface area contributed by atoms with Crippen molar-refractivity contribution in [1.29, 1.82) is 0 Å². The Balaban J connectivity index is 0.00000420. The molecule has 29 heavy (non-hydrogen) atoms. The first-order chi connectivity index (χ1) is 13.3. The number of nitrogens with zero attached hydrogens (tertiary/aromatic N) is 2. The van der Waals surface area contributed by atoms with E-state index < -0.39 is 24.4 Å². The van der Waals surface area contributed by atoms with Crippen molar-refractivity contribution < 1.29 is 22.0 Å². The predicted octanol–water partition coefficient (Wildman–Crippen LogP) is 3.95. The molecule has 0 atom stereocenters. The summed E-state index contributed by atoms with van der Waals surface area (Å²) in [5.41, 5.74) is 0.300. The Hall–Kier alpha value is -1.17. The fourth-order valence-electron chi connectivity index (χ4n) is 3.36. The van der Waals surface area contributed by atoms with Gasteiger partial charge in [0.2, 0.25) is 0 Å². The van der Waals surface area contributed by atoms with Crippen molar-refractivity contribution >= 4 is 29.9 Å². The van der Waals surface area contributed by atoms with Crippen LogP contribution in [0.3, 0.4) is 0 Å². The normalized spacial score (nSPS) is 16.4. The molecule has 10 heteroatoms. The molecule has 1 aromatic carbocycles. The molecule has 0 radical (unpaired) electrons. The Bertz CT molecular complexity index is 646. The molecule has 1 aromatic rings. The quantitative estimate of drug-likeness (QED) is 0.241. The maximum atomic E-state index is 13.6. The fourth-order valence-corrected chi connectivity index (χ4v) is 3.36. The standard InChI is InChI=1S/C19H27F5N4.HI/c1-25-18(27-10-6-15-3-2-4-16(20)17(15)21)26-9-5-14-7-11-28(12-8-14)13-19(22,23)24;/h2-4,14H,5-13H2,1H3,(H2,25,26,27);1H. The van der Waals surface area contributed by atoms with Gasteiger partial charge in [-0.3, -0.25) is 9.89 Å². The number of guanidine groups is 1. The van der Waals surface area contributed by atoms with Gasteiger partial charge in [0.25, 0.3) is 0 Å². The van der Waals surface area contributed by atoms with Crippen LogP contribution >= 0.6 is 24.0 Å². The van der Waals surface area contributed by atoms with Crippen LogP contribution in [0, 0.1) is 17.6 Å². The molecule has 1 aliphatic heterocycles. The van der Waals surface area contributed by atoms with Crippen molar-refractivity contribution in [1.82, 2.24) is 15.5 Å². The summed E-state index contributed by atoms with van der Waals surface area (Å²) in [5, 5.41) is 6.21. The van der Waals surface area contributed by atoms with E-state index in [1.807, 2.05) is 0 Å². The first kappa shape index (κ1) is 25.9. The Kier molecular flexibility index (Phi) is 11.2. The van der Waals surface area contributed by atoms with Crippen molar-refractivity contribution in [3.63, 3.8) is 0 Å². The summed E-state index contributed by atoms with van der Waals surface area (Å²) < 4.78 is 64.0. The largest absolute Gasteiger partial charge is 0.401 e. The number of hydrogen-bond acceptors (Lipinski definition) is 2. The second-order valence-electron chi connectivity index (χ2n) is 7.01. The summed E-state index contributed by atoms with van der Waals surface area (Å²) in [6, 6.07) is 4.10. The van der Waals surface area contributed by atoms with E-state index in [2.05, 4.69) is 15.6 Å². The van der Waals surface area contributed by atoms with Crippen molar-refractivity contribution in [2.75, 3.05) is 39.8 Å². The van der Waals surface area contributed by atoms with E-state index in [-0.39, 0.29) is 24.0 Å². The number of likely N-dealkylation sites (tertiary alicyclic amines) is 1. The van der Waals surface area contributed by atoms with Gasteiger partial charge in [0, 0.05) is 20.1 Å². The minimum absolute atomic E-state index is 0. The SMILES string of the molecule is CN=C(NCCc1cccc(F)c1F)NCCC1CCN(CC(F)(F)F)CC1.I. The van der Waals surface area contributed by atoms with Gasteiger partial charge in [-0.2, -0.15) is 13.2 Å². The molecule has 0 aliphatic carbocycles. The topological polar surface area (TPSA) is 39.7 Å². The van der Waals surface area contributed by atoms with Crippen molar-refractivity contribution in [3.05, 3.63) is 35.4 Å². The molecule has 1 fully saturated rings. The highest BCUT2D eigenvalue weighted by molar-refractivity contribution is 14.0. The lowest BCUT2D eigenvalue weighted by atomic mass is 9.93. The second kappa shape index (κ2) is 12.5. The van der Waals surface area contributed by atoms with Gasteiger partial charge in [-0.15, -0.1) is 24.0 Å². The maximum Gasteiger partial charge on any atom is 0.401 e. The van der Waals surface area contributed by atoms with Gasteiger partial charge in [0.15, 0.2) is 17.6 Å². The van der Waals surface area contributed by atoms with Crippen LogP contribution in [-0.4, -0.2) is 56.8 Å². The van der Waals surface area contributed by atoms with Gasteiger partial charge in [0.05, 0.1) is 6.54 Å².